The topological polar surface area (TPSA) is 66.5 Å². The van der Waals surface area contributed by atoms with Crippen molar-refractivity contribution in [1.82, 2.24) is 9.62 Å². The van der Waals surface area contributed by atoms with Crippen molar-refractivity contribution in [2.75, 3.05) is 13.6 Å². The van der Waals surface area contributed by atoms with Crippen molar-refractivity contribution >= 4 is 15.9 Å². The number of sulfonamides is 1. The number of benzene rings is 2. The predicted octanol–water partition coefficient (Wildman–Crippen LogP) is 2.49. The lowest BCUT2D eigenvalue weighted by atomic mass is 10.1. The van der Waals surface area contributed by atoms with Gasteiger partial charge in [-0.15, -0.1) is 6.42 Å². The fourth-order valence-electron chi connectivity index (χ4n) is 2.57. The minimum Gasteiger partial charge on any atom is -0.337 e. The van der Waals surface area contributed by atoms with E-state index in [0.717, 1.165) is 11.1 Å². The largest absolute Gasteiger partial charge is 0.337 e. The molecule has 2 rings (SSSR count). The number of hydrogen-bond acceptors (Lipinski definition) is 3. The molecule has 0 aliphatic heterocycles. The average Bonchev–Trinajstić information content (AvgIpc) is 2.61. The lowest BCUT2D eigenvalue weighted by Gasteiger charge is -2.19. The highest BCUT2D eigenvalue weighted by molar-refractivity contribution is 7.89. The molecular formula is C20H22N2O3S. The van der Waals surface area contributed by atoms with Gasteiger partial charge in [0.1, 0.15) is 0 Å². The van der Waals surface area contributed by atoms with Gasteiger partial charge in [-0.1, -0.05) is 29.7 Å². The smallest absolute Gasteiger partial charge is 0.253 e. The van der Waals surface area contributed by atoms with Crippen molar-refractivity contribution in [2.45, 2.75) is 25.3 Å². The molecule has 0 atom stereocenters. The highest BCUT2D eigenvalue weighted by Crippen LogP contribution is 2.16. The van der Waals surface area contributed by atoms with Crippen molar-refractivity contribution in [3.8, 4) is 12.3 Å². The second-order valence-electron chi connectivity index (χ2n) is 6.14. The molecule has 5 nitrogen and oxygen atoms in total. The molecule has 0 heterocycles. The van der Waals surface area contributed by atoms with E-state index in [1.165, 1.54) is 29.8 Å². The summed E-state index contributed by atoms with van der Waals surface area (Å²) in [6, 6.07) is 11.9. The number of nitrogens with one attached hydrogen (secondary N) is 1. The van der Waals surface area contributed by atoms with Gasteiger partial charge in [0.2, 0.25) is 10.0 Å². The molecule has 0 radical (unpaired) electrons. The Morgan fingerprint density at radius 3 is 2.38 bits per heavy atom. The average molecular weight is 370 g/mol. The van der Waals surface area contributed by atoms with E-state index in [1.807, 2.05) is 26.0 Å². The summed E-state index contributed by atoms with van der Waals surface area (Å²) in [7, 11) is -1.94. The van der Waals surface area contributed by atoms with Crippen LogP contribution in [0.15, 0.2) is 47.4 Å². The van der Waals surface area contributed by atoms with Crippen LogP contribution in [0.5, 0.6) is 0 Å². The maximum Gasteiger partial charge on any atom is 0.253 e. The molecule has 26 heavy (non-hydrogen) atoms. The number of hydrogen-bond donors (Lipinski definition) is 1. The molecule has 0 fully saturated rings. The van der Waals surface area contributed by atoms with E-state index >= 15 is 0 Å². The molecule has 6 heteroatoms. The van der Waals surface area contributed by atoms with Gasteiger partial charge >= 0.3 is 0 Å². The van der Waals surface area contributed by atoms with Crippen LogP contribution in [0.3, 0.4) is 0 Å². The standard InChI is InChI=1S/C20H22N2O3S/c1-5-12-21-26(24,25)19-10-8-17(9-11-19)20(23)22(4)14-18-7-6-15(2)13-16(18)3/h1,6-11,13,21H,12,14H2,2-4H3. The zero-order chi connectivity index (χ0) is 19.3. The summed E-state index contributed by atoms with van der Waals surface area (Å²) in [5.41, 5.74) is 3.80. The quantitative estimate of drug-likeness (QED) is 0.795. The number of rotatable bonds is 6. The lowest BCUT2D eigenvalue weighted by Crippen LogP contribution is -2.27. The fourth-order valence-corrected chi connectivity index (χ4v) is 3.50. The molecule has 1 N–H and O–H groups in total. The van der Waals surface area contributed by atoms with Crippen molar-refractivity contribution in [1.29, 1.82) is 0 Å². The summed E-state index contributed by atoms with van der Waals surface area (Å²) in [6.07, 6.45) is 5.07. The molecule has 0 spiro atoms. The highest BCUT2D eigenvalue weighted by atomic mass is 32.2. The first-order valence-electron chi connectivity index (χ1n) is 8.09. The number of carbonyl (C=O) groups is 1. The Morgan fingerprint density at radius 1 is 1.15 bits per heavy atom. The summed E-state index contributed by atoms with van der Waals surface area (Å²) >= 11 is 0. The molecule has 2 aromatic rings. The lowest BCUT2D eigenvalue weighted by molar-refractivity contribution is 0.0785. The van der Waals surface area contributed by atoms with Crippen LogP contribution in [0.1, 0.15) is 27.0 Å². The second kappa shape index (κ2) is 8.17. The van der Waals surface area contributed by atoms with Crippen molar-refractivity contribution in [2.24, 2.45) is 0 Å². The van der Waals surface area contributed by atoms with Gasteiger partial charge in [0, 0.05) is 19.2 Å². The van der Waals surface area contributed by atoms with Gasteiger partial charge in [0.15, 0.2) is 0 Å². The van der Waals surface area contributed by atoms with Crippen LogP contribution in [0.2, 0.25) is 0 Å². The third-order valence-electron chi connectivity index (χ3n) is 4.03. The Morgan fingerprint density at radius 2 is 1.81 bits per heavy atom. The van der Waals surface area contributed by atoms with Crippen LogP contribution < -0.4 is 4.72 Å². The first-order chi connectivity index (χ1) is 12.2. The van der Waals surface area contributed by atoms with E-state index in [-0.39, 0.29) is 17.3 Å². The zero-order valence-corrected chi connectivity index (χ0v) is 15.9. The SMILES string of the molecule is C#CCNS(=O)(=O)c1ccc(C(=O)N(C)Cc2ccc(C)cc2C)cc1. The van der Waals surface area contributed by atoms with Crippen LogP contribution in [0.25, 0.3) is 0 Å². The number of terminal acetylenes is 1. The number of carbonyl (C=O) groups excluding carboxylic acids is 1. The van der Waals surface area contributed by atoms with Gasteiger partial charge in [-0.2, -0.15) is 4.72 Å². The maximum atomic E-state index is 12.6. The van der Waals surface area contributed by atoms with Crippen molar-refractivity contribution < 1.29 is 13.2 Å². The van der Waals surface area contributed by atoms with Gasteiger partial charge in [-0.05, 0) is 49.2 Å². The van der Waals surface area contributed by atoms with Gasteiger partial charge in [-0.25, -0.2) is 8.42 Å². The fraction of sp³-hybridized carbons (Fsp3) is 0.250. The molecule has 0 bridgehead atoms. The zero-order valence-electron chi connectivity index (χ0n) is 15.1. The van der Waals surface area contributed by atoms with E-state index in [9.17, 15) is 13.2 Å². The summed E-state index contributed by atoms with van der Waals surface area (Å²) in [5.74, 6) is 2.04. The predicted molar refractivity (Wildman–Crippen MR) is 102 cm³/mol. The molecule has 0 aliphatic carbocycles. The van der Waals surface area contributed by atoms with Gasteiger partial charge in [0.25, 0.3) is 5.91 Å². The van der Waals surface area contributed by atoms with E-state index in [2.05, 4.69) is 16.7 Å². The van der Waals surface area contributed by atoms with Crippen LogP contribution in [-0.2, 0) is 16.6 Å². The maximum absolute atomic E-state index is 12.6. The summed E-state index contributed by atoms with van der Waals surface area (Å²) in [6.45, 7) is 4.44. The van der Waals surface area contributed by atoms with E-state index in [4.69, 9.17) is 6.42 Å². The molecular weight excluding hydrogens is 348 g/mol. The van der Waals surface area contributed by atoms with Gasteiger partial charge in [-0.3, -0.25) is 4.79 Å². The molecule has 1 amide bonds. The minimum absolute atomic E-state index is 0.0707. The minimum atomic E-state index is -3.66. The molecule has 0 saturated heterocycles. The number of amides is 1. The monoisotopic (exact) mass is 370 g/mol. The van der Waals surface area contributed by atoms with Crippen LogP contribution in [0.4, 0.5) is 0 Å². The van der Waals surface area contributed by atoms with Crippen LogP contribution in [0, 0.1) is 26.2 Å². The summed E-state index contributed by atoms with van der Waals surface area (Å²) < 4.78 is 26.3. The summed E-state index contributed by atoms with van der Waals surface area (Å²) in [5, 5.41) is 0. The molecule has 0 aliphatic rings. The number of nitrogens with zero attached hydrogens (tertiary/aromatic N) is 1. The van der Waals surface area contributed by atoms with Crippen LogP contribution in [-0.4, -0.2) is 32.8 Å². The third kappa shape index (κ3) is 4.72. The Bertz CT molecular complexity index is 942. The Balaban J connectivity index is 2.13. The third-order valence-corrected chi connectivity index (χ3v) is 5.45. The molecule has 136 valence electrons. The van der Waals surface area contributed by atoms with E-state index in [0.29, 0.717) is 12.1 Å². The molecule has 0 saturated carbocycles. The van der Waals surface area contributed by atoms with Gasteiger partial charge < -0.3 is 4.90 Å². The highest BCUT2D eigenvalue weighted by Gasteiger charge is 2.16. The van der Waals surface area contributed by atoms with Gasteiger partial charge in [0.05, 0.1) is 11.4 Å². The van der Waals surface area contributed by atoms with E-state index in [1.54, 1.807) is 11.9 Å². The normalized spacial score (nSPS) is 11.0. The summed E-state index contributed by atoms with van der Waals surface area (Å²) in [4.78, 5) is 14.3. The molecule has 0 unspecified atom stereocenters. The second-order valence-corrected chi connectivity index (χ2v) is 7.91. The molecule has 0 aromatic heterocycles. The van der Waals surface area contributed by atoms with Crippen molar-refractivity contribution in [3.63, 3.8) is 0 Å². The Labute approximate surface area is 155 Å². The Hall–Kier alpha value is -2.62. The first-order valence-corrected chi connectivity index (χ1v) is 9.57. The van der Waals surface area contributed by atoms with Crippen molar-refractivity contribution in [3.05, 3.63) is 64.7 Å². The number of aryl methyl sites for hydroxylation is 2. The van der Waals surface area contributed by atoms with Crippen LogP contribution >= 0.6 is 0 Å². The van der Waals surface area contributed by atoms with E-state index < -0.39 is 10.0 Å². The first kappa shape index (κ1) is 19.7. The molecule has 2 aromatic carbocycles. The Kier molecular flexibility index (Phi) is 6.19.